The molecular weight excluding hydrogens is 396 g/mol. The van der Waals surface area contributed by atoms with Gasteiger partial charge in [-0.05, 0) is 61.6 Å². The summed E-state index contributed by atoms with van der Waals surface area (Å²) in [6, 6.07) is 13.4. The number of hydrogen-bond donors (Lipinski definition) is 1. The third kappa shape index (κ3) is 5.17. The zero-order chi connectivity index (χ0) is 21.6. The number of fused-ring (bicyclic) bond motifs is 1. The Balaban J connectivity index is 1.36. The number of hydrogen-bond acceptors (Lipinski definition) is 5. The van der Waals surface area contributed by atoms with E-state index in [2.05, 4.69) is 24.4 Å². The van der Waals surface area contributed by atoms with Gasteiger partial charge in [-0.2, -0.15) is 0 Å². The number of nitrogens with zero attached hydrogens (tertiary/aromatic N) is 1. The first-order valence-corrected chi connectivity index (χ1v) is 10.9. The second-order valence-electron chi connectivity index (χ2n) is 7.71. The van der Waals surface area contributed by atoms with Crippen LogP contribution in [0, 0.1) is 0 Å². The second-order valence-corrected chi connectivity index (χ2v) is 7.71. The lowest BCUT2D eigenvalue weighted by atomic mass is 10.1. The molecule has 0 aromatic heterocycles. The van der Waals surface area contributed by atoms with Crippen LogP contribution in [0.4, 0.5) is 11.4 Å². The molecule has 4 rings (SSSR count). The molecule has 1 fully saturated rings. The van der Waals surface area contributed by atoms with Crippen LogP contribution in [0.3, 0.4) is 0 Å². The molecule has 1 N–H and O–H groups in total. The molecule has 2 aliphatic rings. The molecule has 0 aliphatic carbocycles. The number of aryl methyl sites for hydroxylation is 1. The lowest BCUT2D eigenvalue weighted by molar-refractivity contribution is -0.124. The normalized spacial score (nSPS) is 17.8. The average molecular weight is 424 g/mol. The number of carbonyl (C=O) groups is 2. The molecule has 0 spiro atoms. The van der Waals surface area contributed by atoms with Crippen LogP contribution >= 0.6 is 0 Å². The molecule has 1 unspecified atom stereocenters. The lowest BCUT2D eigenvalue weighted by Crippen LogP contribution is -2.40. The average Bonchev–Trinajstić information content (AvgIpc) is 3.33. The molecule has 1 saturated heterocycles. The van der Waals surface area contributed by atoms with Gasteiger partial charge in [0.2, 0.25) is 0 Å². The summed E-state index contributed by atoms with van der Waals surface area (Å²) in [6.45, 7) is 3.75. The number of amides is 2. The van der Waals surface area contributed by atoms with Crippen molar-refractivity contribution >= 4 is 23.2 Å². The largest absolute Gasteiger partial charge is 0.494 e. The van der Waals surface area contributed by atoms with E-state index in [0.717, 1.165) is 25.0 Å². The van der Waals surface area contributed by atoms with Crippen molar-refractivity contribution in [1.82, 2.24) is 0 Å². The van der Waals surface area contributed by atoms with Crippen molar-refractivity contribution in [2.24, 2.45) is 0 Å². The molecule has 0 saturated carbocycles. The molecule has 7 heteroatoms. The fourth-order valence-electron chi connectivity index (χ4n) is 3.77. The minimum Gasteiger partial charge on any atom is -0.494 e. The summed E-state index contributed by atoms with van der Waals surface area (Å²) in [4.78, 5) is 26.5. The highest BCUT2D eigenvalue weighted by Crippen LogP contribution is 2.35. The van der Waals surface area contributed by atoms with Crippen LogP contribution in [0.25, 0.3) is 0 Å². The van der Waals surface area contributed by atoms with Gasteiger partial charge in [-0.25, -0.2) is 0 Å². The van der Waals surface area contributed by atoms with Gasteiger partial charge in [-0.1, -0.05) is 19.1 Å². The smallest absolute Gasteiger partial charge is 0.265 e. The fraction of sp³-hybridized carbons (Fsp3) is 0.417. The number of anilines is 2. The van der Waals surface area contributed by atoms with Crippen molar-refractivity contribution < 1.29 is 23.8 Å². The fourth-order valence-corrected chi connectivity index (χ4v) is 3.77. The first-order chi connectivity index (χ1) is 15.1. The van der Waals surface area contributed by atoms with Crippen LogP contribution in [0.2, 0.25) is 0 Å². The van der Waals surface area contributed by atoms with Gasteiger partial charge >= 0.3 is 0 Å². The van der Waals surface area contributed by atoms with Gasteiger partial charge in [-0.15, -0.1) is 0 Å². The van der Waals surface area contributed by atoms with E-state index < -0.39 is 6.10 Å². The second kappa shape index (κ2) is 9.83. The van der Waals surface area contributed by atoms with E-state index in [1.54, 1.807) is 23.1 Å². The Morgan fingerprint density at radius 3 is 2.81 bits per heavy atom. The van der Waals surface area contributed by atoms with Crippen molar-refractivity contribution in [2.75, 3.05) is 36.6 Å². The number of rotatable bonds is 8. The highest BCUT2D eigenvalue weighted by Gasteiger charge is 2.27. The summed E-state index contributed by atoms with van der Waals surface area (Å²) in [7, 11) is 0. The first kappa shape index (κ1) is 21.2. The van der Waals surface area contributed by atoms with Crippen LogP contribution in [-0.2, 0) is 20.7 Å². The molecule has 1 atom stereocenters. The van der Waals surface area contributed by atoms with Gasteiger partial charge in [0.1, 0.15) is 17.6 Å². The van der Waals surface area contributed by atoms with E-state index in [0.29, 0.717) is 43.3 Å². The molecule has 31 heavy (non-hydrogen) atoms. The molecular formula is C24H28N2O5. The summed E-state index contributed by atoms with van der Waals surface area (Å²) >= 11 is 0. The van der Waals surface area contributed by atoms with Crippen LogP contribution in [0.5, 0.6) is 11.5 Å². The predicted octanol–water partition coefficient (Wildman–Crippen LogP) is 3.56. The summed E-state index contributed by atoms with van der Waals surface area (Å²) < 4.78 is 16.8. The number of ether oxygens (including phenoxy) is 3. The lowest BCUT2D eigenvalue weighted by Gasteiger charge is -2.30. The van der Waals surface area contributed by atoms with Crippen molar-refractivity contribution in [3.05, 3.63) is 48.0 Å². The molecule has 2 aromatic rings. The van der Waals surface area contributed by atoms with Crippen molar-refractivity contribution in [1.29, 1.82) is 0 Å². The first-order valence-electron chi connectivity index (χ1n) is 10.9. The molecule has 0 radical (unpaired) electrons. The Labute approximate surface area is 182 Å². The zero-order valence-electron chi connectivity index (χ0n) is 17.8. The predicted molar refractivity (Wildman–Crippen MR) is 118 cm³/mol. The van der Waals surface area contributed by atoms with Crippen molar-refractivity contribution in [3.8, 4) is 11.5 Å². The van der Waals surface area contributed by atoms with Crippen LogP contribution in [-0.4, -0.2) is 44.3 Å². The molecule has 2 aromatic carbocycles. The van der Waals surface area contributed by atoms with E-state index in [1.165, 1.54) is 5.56 Å². The number of nitrogens with one attached hydrogen (secondary N) is 1. The van der Waals surface area contributed by atoms with E-state index in [4.69, 9.17) is 14.2 Å². The third-order valence-electron chi connectivity index (χ3n) is 5.52. The topological polar surface area (TPSA) is 77.1 Å². The number of benzene rings is 2. The van der Waals surface area contributed by atoms with Gasteiger partial charge < -0.3 is 24.4 Å². The molecule has 2 amide bonds. The maximum atomic E-state index is 12.5. The Morgan fingerprint density at radius 1 is 1.23 bits per heavy atom. The Hall–Kier alpha value is -3.06. The number of carbonyl (C=O) groups excluding carboxylic acids is 2. The standard InChI is InChI=1S/C24H28N2O5/c1-2-17-6-9-19(10-7-17)29-14-4-12-26-20-15-18(8-11-21(20)31-16-23(26)27)25-24(28)22-5-3-13-30-22/h6-11,15,22H,2-5,12-14,16H2,1H3,(H,25,28). The maximum absolute atomic E-state index is 12.5. The van der Waals surface area contributed by atoms with Crippen molar-refractivity contribution in [2.45, 2.75) is 38.7 Å². The van der Waals surface area contributed by atoms with Crippen molar-refractivity contribution in [3.63, 3.8) is 0 Å². The Bertz CT molecular complexity index is 922. The summed E-state index contributed by atoms with van der Waals surface area (Å²) in [6.07, 6.45) is 2.88. The zero-order valence-corrected chi connectivity index (χ0v) is 17.8. The summed E-state index contributed by atoms with van der Waals surface area (Å²) in [5.41, 5.74) is 2.55. The third-order valence-corrected chi connectivity index (χ3v) is 5.52. The minimum absolute atomic E-state index is 0.00789. The van der Waals surface area contributed by atoms with Crippen LogP contribution in [0.1, 0.15) is 31.7 Å². The minimum atomic E-state index is -0.409. The Kier molecular flexibility index (Phi) is 6.72. The summed E-state index contributed by atoms with van der Waals surface area (Å²) in [5, 5.41) is 2.89. The van der Waals surface area contributed by atoms with E-state index in [9.17, 15) is 9.59 Å². The highest BCUT2D eigenvalue weighted by molar-refractivity contribution is 6.00. The molecule has 7 nitrogen and oxygen atoms in total. The van der Waals surface area contributed by atoms with Gasteiger partial charge in [0, 0.05) is 18.8 Å². The van der Waals surface area contributed by atoms with E-state index in [-0.39, 0.29) is 18.4 Å². The SMILES string of the molecule is CCc1ccc(OCCCN2C(=O)COc3ccc(NC(=O)C4CCCO4)cc32)cc1. The van der Waals surface area contributed by atoms with E-state index in [1.807, 2.05) is 12.1 Å². The molecule has 2 aliphatic heterocycles. The van der Waals surface area contributed by atoms with Gasteiger partial charge in [0.15, 0.2) is 6.61 Å². The monoisotopic (exact) mass is 424 g/mol. The van der Waals surface area contributed by atoms with E-state index >= 15 is 0 Å². The van der Waals surface area contributed by atoms with Gasteiger partial charge in [-0.3, -0.25) is 9.59 Å². The van der Waals surface area contributed by atoms with Crippen LogP contribution in [0.15, 0.2) is 42.5 Å². The molecule has 164 valence electrons. The maximum Gasteiger partial charge on any atom is 0.265 e. The van der Waals surface area contributed by atoms with Gasteiger partial charge in [0.05, 0.1) is 12.3 Å². The van der Waals surface area contributed by atoms with Crippen LogP contribution < -0.4 is 19.7 Å². The molecule has 0 bridgehead atoms. The molecule has 2 heterocycles. The highest BCUT2D eigenvalue weighted by atomic mass is 16.5. The Morgan fingerprint density at radius 2 is 2.06 bits per heavy atom. The summed E-state index contributed by atoms with van der Waals surface area (Å²) in [5.74, 6) is 1.19. The quantitative estimate of drug-likeness (QED) is 0.656. The van der Waals surface area contributed by atoms with Gasteiger partial charge in [0.25, 0.3) is 11.8 Å².